The molecule has 4 heteroatoms. The first kappa shape index (κ1) is 10.5. The lowest BCUT2D eigenvalue weighted by Gasteiger charge is -2.21. The van der Waals surface area contributed by atoms with Gasteiger partial charge in [-0.15, -0.1) is 12.1 Å². The Morgan fingerprint density at radius 1 is 1.40 bits per heavy atom. The largest absolute Gasteiger partial charge is 0.402 e. The van der Waals surface area contributed by atoms with Crippen molar-refractivity contribution >= 4 is 19.8 Å². The van der Waals surface area contributed by atoms with Crippen molar-refractivity contribution in [3.63, 3.8) is 0 Å². The topological polar surface area (TPSA) is 18.5 Å². The van der Waals surface area contributed by atoms with Crippen molar-refractivity contribution in [3.05, 3.63) is 0 Å². The summed E-state index contributed by atoms with van der Waals surface area (Å²) in [5.74, 6) is 0. The number of hydrogen-bond acceptors (Lipinski definition) is 3. The van der Waals surface area contributed by atoms with Crippen LogP contribution < -0.4 is 0 Å². The highest BCUT2D eigenvalue weighted by atomic mass is 32.3. The van der Waals surface area contributed by atoms with Gasteiger partial charge in [0.1, 0.15) is 0 Å². The summed E-state index contributed by atoms with van der Waals surface area (Å²) >= 11 is 4.37. The van der Waals surface area contributed by atoms with E-state index in [0.717, 1.165) is 12.5 Å². The summed E-state index contributed by atoms with van der Waals surface area (Å²) in [5, 5.41) is 0. The molecule has 0 fully saturated rings. The minimum atomic E-state index is -2.03. The summed E-state index contributed by atoms with van der Waals surface area (Å²) < 4.78 is 10.6. The lowest BCUT2D eigenvalue weighted by molar-refractivity contribution is 0.232. The molecule has 0 aromatic heterocycles. The maximum absolute atomic E-state index is 5.40. The van der Waals surface area contributed by atoms with Crippen molar-refractivity contribution in [1.29, 1.82) is 0 Å². The highest BCUT2D eigenvalue weighted by Crippen LogP contribution is 2.18. The summed E-state index contributed by atoms with van der Waals surface area (Å²) in [6.07, 6.45) is 1.07. The average Bonchev–Trinajstić information content (AvgIpc) is 1.89. The third-order valence-electron chi connectivity index (χ3n) is 1.25. The van der Waals surface area contributed by atoms with Crippen molar-refractivity contribution in [2.45, 2.75) is 26.3 Å². The Bertz CT molecular complexity index is 83.8. The zero-order valence-electron chi connectivity index (χ0n) is 6.89. The fourth-order valence-corrected chi connectivity index (χ4v) is 3.38. The van der Waals surface area contributed by atoms with Crippen LogP contribution >= 0.6 is 12.1 Å². The van der Waals surface area contributed by atoms with E-state index in [9.17, 15) is 0 Å². The van der Waals surface area contributed by atoms with Gasteiger partial charge in [0, 0.05) is 19.8 Å². The van der Waals surface area contributed by atoms with Crippen LogP contribution in [0.15, 0.2) is 0 Å². The van der Waals surface area contributed by atoms with Gasteiger partial charge in [-0.3, -0.25) is 0 Å². The monoisotopic (exact) mass is 180 g/mol. The summed E-state index contributed by atoms with van der Waals surface area (Å²) in [6.45, 7) is 4.77. The van der Waals surface area contributed by atoms with Crippen molar-refractivity contribution in [1.82, 2.24) is 0 Å². The summed E-state index contributed by atoms with van der Waals surface area (Å²) in [5.41, 5.74) is 0. The first-order valence-electron chi connectivity index (χ1n) is 3.60. The van der Waals surface area contributed by atoms with E-state index < -0.39 is 7.71 Å². The molecule has 0 bridgehead atoms. The molecule has 0 aromatic rings. The molecular formula is C6H16O2SSi. The van der Waals surface area contributed by atoms with Gasteiger partial charge >= 0.3 is 7.71 Å². The van der Waals surface area contributed by atoms with Gasteiger partial charge in [-0.25, -0.2) is 0 Å². The third kappa shape index (κ3) is 3.61. The Balaban J connectivity index is 3.69. The fourth-order valence-electron chi connectivity index (χ4n) is 0.775. The smallest absolute Gasteiger partial charge is 0.390 e. The third-order valence-corrected chi connectivity index (χ3v) is 5.37. The lowest BCUT2D eigenvalue weighted by Crippen LogP contribution is -2.34. The molecule has 0 aromatic carbocycles. The van der Waals surface area contributed by atoms with Crippen LogP contribution in [0.3, 0.4) is 0 Å². The molecular weight excluding hydrogens is 164 g/mol. The van der Waals surface area contributed by atoms with Gasteiger partial charge in [0.15, 0.2) is 0 Å². The molecule has 2 nitrogen and oxygen atoms in total. The SMILES string of the molecule is CCC[Si](S)(OC)OCC. The van der Waals surface area contributed by atoms with E-state index >= 15 is 0 Å². The highest BCUT2D eigenvalue weighted by molar-refractivity contribution is 8.12. The minimum Gasteiger partial charge on any atom is -0.390 e. The van der Waals surface area contributed by atoms with E-state index in [-0.39, 0.29) is 0 Å². The Morgan fingerprint density at radius 2 is 2.00 bits per heavy atom. The van der Waals surface area contributed by atoms with Crippen LogP contribution in [0.4, 0.5) is 0 Å². The second-order valence-electron chi connectivity index (χ2n) is 2.10. The summed E-state index contributed by atoms with van der Waals surface area (Å²) in [6, 6.07) is 0.959. The molecule has 10 heavy (non-hydrogen) atoms. The lowest BCUT2D eigenvalue weighted by atomic mass is 10.6. The molecule has 1 unspecified atom stereocenters. The van der Waals surface area contributed by atoms with Gasteiger partial charge in [-0.1, -0.05) is 13.3 Å². The van der Waals surface area contributed by atoms with Crippen molar-refractivity contribution in [3.8, 4) is 0 Å². The minimum absolute atomic E-state index is 0.698. The molecule has 0 rings (SSSR count). The maximum atomic E-state index is 5.40. The van der Waals surface area contributed by atoms with E-state index in [1.807, 2.05) is 6.92 Å². The van der Waals surface area contributed by atoms with E-state index in [1.54, 1.807) is 7.11 Å². The van der Waals surface area contributed by atoms with E-state index in [2.05, 4.69) is 19.0 Å². The van der Waals surface area contributed by atoms with Gasteiger partial charge in [-0.2, -0.15) is 0 Å². The highest BCUT2D eigenvalue weighted by Gasteiger charge is 2.30. The molecule has 0 saturated carbocycles. The van der Waals surface area contributed by atoms with E-state index in [0.29, 0.717) is 6.61 Å². The van der Waals surface area contributed by atoms with Crippen LogP contribution in [0, 0.1) is 0 Å². The average molecular weight is 180 g/mol. The Labute approximate surface area is 69.2 Å². The van der Waals surface area contributed by atoms with Crippen molar-refractivity contribution in [2.24, 2.45) is 0 Å². The molecule has 0 heterocycles. The predicted molar refractivity (Wildman–Crippen MR) is 48.5 cm³/mol. The van der Waals surface area contributed by atoms with E-state index in [1.165, 1.54) is 0 Å². The zero-order valence-corrected chi connectivity index (χ0v) is 8.78. The Kier molecular flexibility index (Phi) is 5.43. The van der Waals surface area contributed by atoms with Gasteiger partial charge in [0.2, 0.25) is 0 Å². The van der Waals surface area contributed by atoms with Gasteiger partial charge in [0.05, 0.1) is 0 Å². The van der Waals surface area contributed by atoms with E-state index in [4.69, 9.17) is 8.85 Å². The second kappa shape index (κ2) is 5.18. The van der Waals surface area contributed by atoms with Crippen LogP contribution in [-0.2, 0) is 8.85 Å². The van der Waals surface area contributed by atoms with Crippen molar-refractivity contribution < 1.29 is 8.85 Å². The normalized spacial score (nSPS) is 16.8. The van der Waals surface area contributed by atoms with Crippen LogP contribution in [0.1, 0.15) is 20.3 Å². The quantitative estimate of drug-likeness (QED) is 0.515. The zero-order chi connectivity index (χ0) is 8.04. The molecule has 0 amide bonds. The molecule has 0 spiro atoms. The molecule has 1 atom stereocenters. The van der Waals surface area contributed by atoms with Crippen LogP contribution in [0.2, 0.25) is 6.04 Å². The summed E-state index contributed by atoms with van der Waals surface area (Å²) in [7, 11) is -0.358. The molecule has 0 N–H and O–H groups in total. The van der Waals surface area contributed by atoms with Crippen LogP contribution in [-0.4, -0.2) is 21.4 Å². The molecule has 0 aliphatic rings. The molecule has 0 saturated heterocycles. The van der Waals surface area contributed by atoms with Crippen LogP contribution in [0.5, 0.6) is 0 Å². The maximum Gasteiger partial charge on any atom is 0.402 e. The predicted octanol–water partition coefficient (Wildman–Crippen LogP) is 1.95. The molecule has 0 aliphatic heterocycles. The number of rotatable bonds is 5. The number of hydrogen-bond donors (Lipinski definition) is 1. The first-order chi connectivity index (χ1) is 4.68. The first-order valence-corrected chi connectivity index (χ1v) is 6.91. The molecule has 62 valence electrons. The molecule has 0 radical (unpaired) electrons. The second-order valence-corrected chi connectivity index (χ2v) is 6.77. The van der Waals surface area contributed by atoms with Gasteiger partial charge in [-0.05, 0) is 6.92 Å². The fraction of sp³-hybridized carbons (Fsp3) is 1.00. The van der Waals surface area contributed by atoms with Crippen molar-refractivity contribution in [2.75, 3.05) is 13.7 Å². The molecule has 0 aliphatic carbocycles. The van der Waals surface area contributed by atoms with Crippen LogP contribution in [0.25, 0.3) is 0 Å². The van der Waals surface area contributed by atoms with Gasteiger partial charge < -0.3 is 8.85 Å². The summed E-state index contributed by atoms with van der Waals surface area (Å²) in [4.78, 5) is 0. The standard InChI is InChI=1S/C6H16O2SSi/c1-4-6-10(9,7-3)8-5-2/h9H,4-6H2,1-3H3. The van der Waals surface area contributed by atoms with Gasteiger partial charge in [0.25, 0.3) is 0 Å². The Hall–Kier alpha value is 0.487. The number of thiol groups is 1. The Morgan fingerprint density at radius 3 is 2.30 bits per heavy atom.